The number of aromatic nitrogens is 1. The van der Waals surface area contributed by atoms with E-state index in [0.717, 1.165) is 6.20 Å². The highest BCUT2D eigenvalue weighted by Gasteiger charge is 2.09. The van der Waals surface area contributed by atoms with Gasteiger partial charge < -0.3 is 10.4 Å². The van der Waals surface area contributed by atoms with E-state index in [1.165, 1.54) is 12.3 Å². The number of nitrogens with one attached hydrogen (secondary N) is 1. The Morgan fingerprint density at radius 2 is 2.46 bits per heavy atom. The summed E-state index contributed by atoms with van der Waals surface area (Å²) in [5.74, 6) is -1.22. The number of rotatable bonds is 3. The zero-order chi connectivity index (χ0) is 9.68. The van der Waals surface area contributed by atoms with Crippen LogP contribution < -0.4 is 5.32 Å². The summed E-state index contributed by atoms with van der Waals surface area (Å²) in [5.41, 5.74) is -0.0662. The molecule has 2 N–H and O–H groups in total. The van der Waals surface area contributed by atoms with Crippen LogP contribution in [-0.2, 0) is 0 Å². The Kier molecular flexibility index (Phi) is 3.33. The molecule has 1 rings (SSSR count). The minimum atomic E-state index is -0.669. The lowest BCUT2D eigenvalue weighted by Gasteiger charge is -2.02. The fourth-order valence-electron chi connectivity index (χ4n) is 0.824. The van der Waals surface area contributed by atoms with Crippen molar-refractivity contribution in [1.29, 1.82) is 0 Å². The second-order valence-electron chi connectivity index (χ2n) is 2.34. The summed E-state index contributed by atoms with van der Waals surface area (Å²) in [7, 11) is 0. The quantitative estimate of drug-likeness (QED) is 0.692. The van der Waals surface area contributed by atoms with Crippen molar-refractivity contribution < 1.29 is 14.3 Å². The van der Waals surface area contributed by atoms with Gasteiger partial charge in [-0.05, 0) is 6.07 Å². The molecule has 0 bridgehead atoms. The van der Waals surface area contributed by atoms with E-state index in [0.29, 0.717) is 0 Å². The van der Waals surface area contributed by atoms with Crippen LogP contribution in [0.1, 0.15) is 10.4 Å². The highest BCUT2D eigenvalue weighted by molar-refractivity contribution is 5.94. The molecule has 0 radical (unpaired) electrons. The predicted molar refractivity (Wildman–Crippen MR) is 43.6 cm³/mol. The Bertz CT molecular complexity index is 304. The summed E-state index contributed by atoms with van der Waals surface area (Å²) in [5, 5.41) is 10.7. The summed E-state index contributed by atoms with van der Waals surface area (Å²) in [6, 6.07) is 1.28. The molecular weight excluding hydrogens is 175 g/mol. The van der Waals surface area contributed by atoms with Gasteiger partial charge in [-0.3, -0.25) is 9.78 Å². The summed E-state index contributed by atoms with van der Waals surface area (Å²) in [6.07, 6.45) is 2.30. The standard InChI is InChI=1S/C8H9FN2O2/c9-7-5-10-2-1-6(7)8(13)11-3-4-12/h1-2,5,12H,3-4H2,(H,11,13). The van der Waals surface area contributed by atoms with Crippen LogP contribution in [0.15, 0.2) is 18.5 Å². The first-order valence-corrected chi connectivity index (χ1v) is 3.74. The Morgan fingerprint density at radius 1 is 1.69 bits per heavy atom. The smallest absolute Gasteiger partial charge is 0.254 e. The van der Waals surface area contributed by atoms with E-state index in [1.807, 2.05) is 0 Å². The van der Waals surface area contributed by atoms with Gasteiger partial charge in [0.1, 0.15) is 0 Å². The van der Waals surface area contributed by atoms with Gasteiger partial charge in [-0.15, -0.1) is 0 Å². The first-order chi connectivity index (χ1) is 6.25. The molecule has 0 aliphatic carbocycles. The third-order valence-corrected chi connectivity index (χ3v) is 1.41. The van der Waals surface area contributed by atoms with E-state index in [4.69, 9.17) is 5.11 Å². The molecule has 1 heterocycles. The first-order valence-electron chi connectivity index (χ1n) is 3.74. The van der Waals surface area contributed by atoms with Gasteiger partial charge in [-0.25, -0.2) is 4.39 Å². The SMILES string of the molecule is O=C(NCCO)c1ccncc1F. The number of carbonyl (C=O) groups excluding carboxylic acids is 1. The number of hydrogen-bond acceptors (Lipinski definition) is 3. The lowest BCUT2D eigenvalue weighted by Crippen LogP contribution is -2.27. The molecule has 70 valence electrons. The molecule has 1 aromatic rings. The van der Waals surface area contributed by atoms with E-state index < -0.39 is 11.7 Å². The molecule has 0 aromatic carbocycles. The topological polar surface area (TPSA) is 62.2 Å². The summed E-state index contributed by atoms with van der Waals surface area (Å²) >= 11 is 0. The maximum Gasteiger partial charge on any atom is 0.254 e. The fraction of sp³-hybridized carbons (Fsp3) is 0.250. The fourth-order valence-corrected chi connectivity index (χ4v) is 0.824. The first kappa shape index (κ1) is 9.60. The number of aliphatic hydroxyl groups excluding tert-OH is 1. The molecule has 1 aromatic heterocycles. The highest BCUT2D eigenvalue weighted by atomic mass is 19.1. The molecule has 0 fully saturated rings. The number of nitrogens with zero attached hydrogens (tertiary/aromatic N) is 1. The number of halogens is 1. The largest absolute Gasteiger partial charge is 0.395 e. The summed E-state index contributed by atoms with van der Waals surface area (Å²) in [6.45, 7) is -0.0565. The van der Waals surface area contributed by atoms with Crippen LogP contribution in [0.25, 0.3) is 0 Å². The zero-order valence-electron chi connectivity index (χ0n) is 6.83. The van der Waals surface area contributed by atoms with E-state index in [1.54, 1.807) is 0 Å². The van der Waals surface area contributed by atoms with E-state index in [-0.39, 0.29) is 18.7 Å². The van der Waals surface area contributed by atoms with Gasteiger partial charge >= 0.3 is 0 Å². The molecule has 5 heteroatoms. The van der Waals surface area contributed by atoms with Crippen molar-refractivity contribution >= 4 is 5.91 Å². The lowest BCUT2D eigenvalue weighted by atomic mass is 10.2. The van der Waals surface area contributed by atoms with Crippen LogP contribution in [0.5, 0.6) is 0 Å². The number of pyridine rings is 1. The van der Waals surface area contributed by atoms with Crippen LogP contribution in [0.2, 0.25) is 0 Å². The van der Waals surface area contributed by atoms with Crippen molar-refractivity contribution in [2.75, 3.05) is 13.2 Å². The van der Waals surface area contributed by atoms with Crippen molar-refractivity contribution in [3.05, 3.63) is 29.8 Å². The van der Waals surface area contributed by atoms with Crippen molar-refractivity contribution in [3.63, 3.8) is 0 Å². The number of amides is 1. The molecule has 1 amide bonds. The van der Waals surface area contributed by atoms with Gasteiger partial charge in [-0.1, -0.05) is 0 Å². The van der Waals surface area contributed by atoms with Crippen molar-refractivity contribution in [2.24, 2.45) is 0 Å². The predicted octanol–water partition coefficient (Wildman–Crippen LogP) is -0.0572. The zero-order valence-corrected chi connectivity index (χ0v) is 6.83. The van der Waals surface area contributed by atoms with Crippen LogP contribution in [0.3, 0.4) is 0 Å². The van der Waals surface area contributed by atoms with Gasteiger partial charge in [0, 0.05) is 12.7 Å². The van der Waals surface area contributed by atoms with Gasteiger partial charge in [-0.2, -0.15) is 0 Å². The van der Waals surface area contributed by atoms with Gasteiger partial charge in [0.05, 0.1) is 18.4 Å². The van der Waals surface area contributed by atoms with Crippen molar-refractivity contribution in [1.82, 2.24) is 10.3 Å². The maximum absolute atomic E-state index is 12.9. The molecule has 13 heavy (non-hydrogen) atoms. The van der Waals surface area contributed by atoms with Crippen LogP contribution in [0, 0.1) is 5.82 Å². The molecule has 0 saturated carbocycles. The molecule has 0 aliphatic rings. The maximum atomic E-state index is 12.9. The monoisotopic (exact) mass is 184 g/mol. The van der Waals surface area contributed by atoms with Gasteiger partial charge in [0.25, 0.3) is 5.91 Å². The second kappa shape index (κ2) is 4.51. The Morgan fingerprint density at radius 3 is 3.08 bits per heavy atom. The van der Waals surface area contributed by atoms with Gasteiger partial charge in [0.15, 0.2) is 5.82 Å². The van der Waals surface area contributed by atoms with Crippen molar-refractivity contribution in [2.45, 2.75) is 0 Å². The summed E-state index contributed by atoms with van der Waals surface area (Å²) in [4.78, 5) is 14.6. The van der Waals surface area contributed by atoms with Crippen LogP contribution >= 0.6 is 0 Å². The molecule has 4 nitrogen and oxygen atoms in total. The van der Waals surface area contributed by atoms with E-state index in [9.17, 15) is 9.18 Å². The molecule has 0 unspecified atom stereocenters. The highest BCUT2D eigenvalue weighted by Crippen LogP contribution is 2.03. The lowest BCUT2D eigenvalue weighted by molar-refractivity contribution is 0.0940. The Hall–Kier alpha value is -1.49. The van der Waals surface area contributed by atoms with Gasteiger partial charge in [0.2, 0.25) is 0 Å². The Balaban J connectivity index is 2.71. The minimum absolute atomic E-state index is 0.0662. The normalized spacial score (nSPS) is 9.69. The Labute approximate surface area is 74.4 Å². The van der Waals surface area contributed by atoms with Crippen LogP contribution in [-0.4, -0.2) is 29.1 Å². The molecule has 0 saturated heterocycles. The number of hydrogen-bond donors (Lipinski definition) is 2. The average molecular weight is 184 g/mol. The second-order valence-corrected chi connectivity index (χ2v) is 2.34. The van der Waals surface area contributed by atoms with Crippen molar-refractivity contribution in [3.8, 4) is 0 Å². The molecule has 0 spiro atoms. The molecule has 0 atom stereocenters. The summed E-state index contributed by atoms with van der Waals surface area (Å²) < 4.78 is 12.9. The molecule has 0 aliphatic heterocycles. The minimum Gasteiger partial charge on any atom is -0.395 e. The number of carbonyl (C=O) groups is 1. The third kappa shape index (κ3) is 2.48. The van der Waals surface area contributed by atoms with Crippen LogP contribution in [0.4, 0.5) is 4.39 Å². The average Bonchev–Trinajstić information content (AvgIpc) is 2.15. The third-order valence-electron chi connectivity index (χ3n) is 1.41. The molecular formula is C8H9FN2O2. The van der Waals surface area contributed by atoms with E-state index >= 15 is 0 Å². The van der Waals surface area contributed by atoms with E-state index in [2.05, 4.69) is 10.3 Å². The number of aliphatic hydroxyl groups is 1.